The lowest BCUT2D eigenvalue weighted by molar-refractivity contribution is -0.187. The van der Waals surface area contributed by atoms with Crippen LogP contribution in [-0.2, 0) is 16.0 Å². The van der Waals surface area contributed by atoms with Gasteiger partial charge < -0.3 is 20.4 Å². The molecule has 7 heteroatoms. The van der Waals surface area contributed by atoms with Crippen LogP contribution in [0.15, 0.2) is 29.6 Å². The summed E-state index contributed by atoms with van der Waals surface area (Å²) in [5, 5.41) is 42.0. The Balaban J connectivity index is 1.96. The molecule has 4 atom stereocenters. The number of rotatable bonds is 3. The lowest BCUT2D eigenvalue weighted by atomic mass is 9.69. The van der Waals surface area contributed by atoms with Gasteiger partial charge in [0.1, 0.15) is 6.10 Å². The number of hydrogen-bond acceptors (Lipinski definition) is 6. The molecular formula is C16H16O6S. The molecule has 1 saturated carbocycles. The topological polar surface area (TPSA) is 115 Å². The summed E-state index contributed by atoms with van der Waals surface area (Å²) in [5.41, 5.74) is -1.70. The van der Waals surface area contributed by atoms with Gasteiger partial charge in [-0.1, -0.05) is 12.1 Å². The number of aliphatic carboxylic acids is 1. The first kappa shape index (κ1) is 16.1. The minimum atomic E-state index is -2.39. The third-order valence-corrected chi connectivity index (χ3v) is 5.32. The predicted octanol–water partition coefficient (Wildman–Crippen LogP) is 0.570. The Labute approximate surface area is 135 Å². The van der Waals surface area contributed by atoms with Crippen molar-refractivity contribution < 1.29 is 30.0 Å². The standard InChI is InChI=1S/C16H16O6S/c17-11-7-16(22,15(20)21)10(13(18)14(11)19)6-8-1-2-12-9(5-8)3-4-23-12/h1-5,10-11,14,17,19,22H,6-7H2,(H,20,21). The molecule has 1 heterocycles. The SMILES string of the molecule is O=C1C(O)C(O)CC(O)(C(=O)O)C1Cc1ccc2sccc2c1. The van der Waals surface area contributed by atoms with Crippen molar-refractivity contribution in [1.29, 1.82) is 0 Å². The Kier molecular flexibility index (Phi) is 3.97. The van der Waals surface area contributed by atoms with Crippen molar-refractivity contribution in [3.8, 4) is 0 Å². The van der Waals surface area contributed by atoms with Gasteiger partial charge in [0.25, 0.3) is 0 Å². The average molecular weight is 336 g/mol. The molecule has 23 heavy (non-hydrogen) atoms. The Morgan fingerprint density at radius 3 is 2.74 bits per heavy atom. The molecule has 1 aromatic heterocycles. The Hall–Kier alpha value is -1.80. The van der Waals surface area contributed by atoms with Crippen LogP contribution in [0, 0.1) is 5.92 Å². The number of aliphatic hydroxyl groups excluding tert-OH is 2. The van der Waals surface area contributed by atoms with Crippen LogP contribution >= 0.6 is 11.3 Å². The minimum Gasteiger partial charge on any atom is -0.479 e. The van der Waals surface area contributed by atoms with E-state index >= 15 is 0 Å². The van der Waals surface area contributed by atoms with Gasteiger partial charge in [0.05, 0.1) is 12.0 Å². The zero-order valence-corrected chi connectivity index (χ0v) is 12.9. The van der Waals surface area contributed by atoms with Gasteiger partial charge in [-0.2, -0.15) is 0 Å². The number of Topliss-reactive ketones (excluding diaryl/α,β-unsaturated/α-hetero) is 1. The second kappa shape index (κ2) is 5.68. The monoisotopic (exact) mass is 336 g/mol. The summed E-state index contributed by atoms with van der Waals surface area (Å²) >= 11 is 1.56. The number of aliphatic hydroxyl groups is 3. The molecule has 1 fully saturated rings. The second-order valence-corrected chi connectivity index (χ2v) is 6.85. The molecule has 6 nitrogen and oxygen atoms in total. The highest BCUT2D eigenvalue weighted by Crippen LogP contribution is 2.35. The van der Waals surface area contributed by atoms with Gasteiger partial charge in [-0.3, -0.25) is 4.79 Å². The molecule has 0 radical (unpaired) electrons. The summed E-state index contributed by atoms with van der Waals surface area (Å²) in [4.78, 5) is 23.7. The highest BCUT2D eigenvalue weighted by atomic mass is 32.1. The fraction of sp³-hybridized carbons (Fsp3) is 0.375. The van der Waals surface area contributed by atoms with Crippen molar-refractivity contribution >= 4 is 33.2 Å². The van der Waals surface area contributed by atoms with Crippen molar-refractivity contribution in [2.75, 3.05) is 0 Å². The van der Waals surface area contributed by atoms with Gasteiger partial charge in [0.2, 0.25) is 0 Å². The van der Waals surface area contributed by atoms with Crippen LogP contribution in [0.25, 0.3) is 10.1 Å². The first-order valence-electron chi connectivity index (χ1n) is 7.14. The Morgan fingerprint density at radius 2 is 2.04 bits per heavy atom. The Morgan fingerprint density at radius 1 is 1.30 bits per heavy atom. The van der Waals surface area contributed by atoms with Gasteiger partial charge in [-0.25, -0.2) is 4.79 Å². The number of carbonyl (C=O) groups excluding carboxylic acids is 1. The number of benzene rings is 1. The zero-order valence-electron chi connectivity index (χ0n) is 12.0. The molecule has 4 unspecified atom stereocenters. The van der Waals surface area contributed by atoms with Crippen LogP contribution in [0.1, 0.15) is 12.0 Å². The fourth-order valence-electron chi connectivity index (χ4n) is 3.09. The van der Waals surface area contributed by atoms with Gasteiger partial charge in [0.15, 0.2) is 11.4 Å². The van der Waals surface area contributed by atoms with E-state index in [4.69, 9.17) is 0 Å². The average Bonchev–Trinajstić information content (AvgIpc) is 2.97. The highest BCUT2D eigenvalue weighted by molar-refractivity contribution is 7.17. The van der Waals surface area contributed by atoms with Gasteiger partial charge in [0, 0.05) is 11.1 Å². The van der Waals surface area contributed by atoms with E-state index in [1.54, 1.807) is 17.4 Å². The molecule has 2 aromatic rings. The molecule has 1 aliphatic rings. The number of carbonyl (C=O) groups is 2. The van der Waals surface area contributed by atoms with Crippen molar-refractivity contribution in [3.63, 3.8) is 0 Å². The maximum absolute atomic E-state index is 12.2. The lowest BCUT2D eigenvalue weighted by Gasteiger charge is -2.39. The molecular weight excluding hydrogens is 320 g/mol. The first-order chi connectivity index (χ1) is 10.8. The smallest absolute Gasteiger partial charge is 0.336 e. The summed E-state index contributed by atoms with van der Waals surface area (Å²) in [6, 6.07) is 7.38. The van der Waals surface area contributed by atoms with Crippen molar-refractivity contribution in [2.24, 2.45) is 5.92 Å². The summed E-state index contributed by atoms with van der Waals surface area (Å²) in [6.07, 6.45) is -3.86. The van der Waals surface area contributed by atoms with Gasteiger partial charge in [-0.15, -0.1) is 11.3 Å². The van der Waals surface area contributed by atoms with E-state index in [9.17, 15) is 30.0 Å². The van der Waals surface area contributed by atoms with E-state index in [2.05, 4.69) is 0 Å². The molecule has 0 amide bonds. The van der Waals surface area contributed by atoms with E-state index in [1.165, 1.54) is 0 Å². The highest BCUT2D eigenvalue weighted by Gasteiger charge is 2.55. The zero-order chi connectivity index (χ0) is 16.8. The van der Waals surface area contributed by atoms with E-state index in [1.807, 2.05) is 23.6 Å². The minimum absolute atomic E-state index is 0.0167. The van der Waals surface area contributed by atoms with E-state index in [0.29, 0.717) is 5.56 Å². The van der Waals surface area contributed by atoms with Crippen molar-refractivity contribution in [1.82, 2.24) is 0 Å². The van der Waals surface area contributed by atoms with E-state index < -0.39 is 41.9 Å². The van der Waals surface area contributed by atoms with Crippen molar-refractivity contribution in [2.45, 2.75) is 30.7 Å². The molecule has 0 aliphatic heterocycles. The number of fused-ring (bicyclic) bond motifs is 1. The van der Waals surface area contributed by atoms with Crippen LogP contribution in [0.2, 0.25) is 0 Å². The number of carboxylic acids is 1. The summed E-state index contributed by atoms with van der Waals surface area (Å²) in [6.45, 7) is 0. The number of thiophene rings is 1. The first-order valence-corrected chi connectivity index (χ1v) is 8.02. The predicted molar refractivity (Wildman–Crippen MR) is 83.2 cm³/mol. The maximum atomic E-state index is 12.2. The number of ketones is 1. The van der Waals surface area contributed by atoms with E-state index in [-0.39, 0.29) is 6.42 Å². The molecule has 1 aromatic carbocycles. The third kappa shape index (κ3) is 2.66. The quantitative estimate of drug-likeness (QED) is 0.651. The Bertz CT molecular complexity index is 769. The van der Waals surface area contributed by atoms with Gasteiger partial charge >= 0.3 is 5.97 Å². The normalized spacial score (nSPS) is 31.4. The maximum Gasteiger partial charge on any atom is 0.336 e. The van der Waals surface area contributed by atoms with Crippen LogP contribution in [0.3, 0.4) is 0 Å². The largest absolute Gasteiger partial charge is 0.479 e. The number of hydrogen-bond donors (Lipinski definition) is 4. The summed E-state index contributed by atoms with van der Waals surface area (Å²) in [5.74, 6) is -3.73. The third-order valence-electron chi connectivity index (χ3n) is 4.42. The van der Waals surface area contributed by atoms with Crippen LogP contribution in [0.5, 0.6) is 0 Å². The summed E-state index contributed by atoms with van der Waals surface area (Å²) < 4.78 is 1.06. The fourth-order valence-corrected chi connectivity index (χ4v) is 3.86. The molecule has 0 bridgehead atoms. The summed E-state index contributed by atoms with van der Waals surface area (Å²) in [7, 11) is 0. The molecule has 122 valence electrons. The molecule has 0 saturated heterocycles. The molecule has 0 spiro atoms. The lowest BCUT2D eigenvalue weighted by Crippen LogP contribution is -2.61. The molecule has 3 rings (SSSR count). The van der Waals surface area contributed by atoms with Crippen LogP contribution < -0.4 is 0 Å². The van der Waals surface area contributed by atoms with Gasteiger partial charge in [-0.05, 0) is 34.9 Å². The molecule has 4 N–H and O–H groups in total. The van der Waals surface area contributed by atoms with Crippen LogP contribution in [-0.4, -0.2) is 50.0 Å². The van der Waals surface area contributed by atoms with Crippen molar-refractivity contribution in [3.05, 3.63) is 35.2 Å². The van der Waals surface area contributed by atoms with Crippen LogP contribution in [0.4, 0.5) is 0 Å². The number of carboxylic acid groups (broad SMARTS) is 1. The molecule has 1 aliphatic carbocycles. The van der Waals surface area contributed by atoms with E-state index in [0.717, 1.165) is 10.1 Å². The second-order valence-electron chi connectivity index (χ2n) is 5.90.